The van der Waals surface area contributed by atoms with Crippen molar-refractivity contribution in [3.8, 4) is 11.5 Å². The Hall–Kier alpha value is -0.610. The summed E-state index contributed by atoms with van der Waals surface area (Å²) in [5.41, 5.74) is 0. The third-order valence-corrected chi connectivity index (χ3v) is 4.38. The van der Waals surface area contributed by atoms with Gasteiger partial charge >= 0.3 is 27.3 Å². The third-order valence-electron chi connectivity index (χ3n) is 2.21. The van der Waals surface area contributed by atoms with Crippen LogP contribution in [-0.4, -0.2) is 34.1 Å². The van der Waals surface area contributed by atoms with Crippen LogP contribution in [0.5, 0.6) is 11.5 Å². The number of hydrogen-bond acceptors (Lipinski definition) is 6. The Kier molecular flexibility index (Phi) is 6.68. The maximum absolute atomic E-state index is 13.1. The van der Waals surface area contributed by atoms with E-state index < -0.39 is 31.2 Å². The lowest BCUT2D eigenvalue weighted by atomic mass is 10.3. The van der Waals surface area contributed by atoms with Gasteiger partial charge in [0, 0.05) is 0 Å². The number of halogens is 4. The number of hydrogen-bond donors (Lipinski definition) is 1. The largest absolute Gasteiger partial charge is 0.466 e. The fourth-order valence-electron chi connectivity index (χ4n) is 1.09. The maximum Gasteiger partial charge on any atom is 0.466 e. The van der Waals surface area contributed by atoms with Gasteiger partial charge in [-0.2, -0.15) is 17.2 Å². The molecule has 0 bridgehead atoms. The highest BCUT2D eigenvalue weighted by Crippen LogP contribution is 2.29. The van der Waals surface area contributed by atoms with Gasteiger partial charge in [0.2, 0.25) is 0 Å². The first-order chi connectivity index (χ1) is 10.4. The smallest absolute Gasteiger partial charge is 0.426 e. The topological polar surface area (TPSA) is 107 Å². The second-order valence-corrected chi connectivity index (χ2v) is 8.50. The molecule has 0 radical (unpaired) electrons. The molecule has 0 fully saturated rings. The van der Waals surface area contributed by atoms with Gasteiger partial charge in [-0.25, -0.2) is 4.79 Å². The van der Waals surface area contributed by atoms with Crippen molar-refractivity contribution in [3.05, 3.63) is 21.8 Å². The van der Waals surface area contributed by atoms with Crippen LogP contribution in [0, 0.1) is 3.57 Å². The normalized spacial score (nSPS) is 13.3. The zero-order chi connectivity index (χ0) is 18.0. The molecular weight excluding hydrogens is 568 g/mol. The molecule has 0 spiro atoms. The van der Waals surface area contributed by atoms with Crippen molar-refractivity contribution in [3.63, 3.8) is 0 Å². The minimum atomic E-state index is -5.95. The molecule has 1 atom stereocenters. The zero-order valence-corrected chi connectivity index (χ0v) is 16.3. The van der Waals surface area contributed by atoms with Crippen molar-refractivity contribution in [2.45, 2.75) is 16.1 Å². The highest BCUT2D eigenvalue weighted by molar-refractivity contribution is 14.1. The molecule has 0 heterocycles. The molecule has 0 aliphatic heterocycles. The van der Waals surface area contributed by atoms with Gasteiger partial charge in [-0.3, -0.25) is 9.35 Å². The van der Waals surface area contributed by atoms with E-state index in [1.54, 1.807) is 29.5 Å². The second kappa shape index (κ2) is 7.52. The zero-order valence-electron chi connectivity index (χ0n) is 11.1. The molecule has 1 N–H and O–H groups in total. The Morgan fingerprint density at radius 2 is 1.87 bits per heavy atom. The summed E-state index contributed by atoms with van der Waals surface area (Å²) in [7, 11) is -5.95. The van der Waals surface area contributed by atoms with Gasteiger partial charge < -0.3 is 9.47 Å². The molecule has 1 rings (SSSR count). The summed E-state index contributed by atoms with van der Waals surface area (Å²) in [4.78, 5) is 22.6. The second-order valence-electron chi connectivity index (χ2n) is 4.01. The van der Waals surface area contributed by atoms with Crippen LogP contribution in [-0.2, 0) is 19.7 Å². The van der Waals surface area contributed by atoms with Gasteiger partial charge in [-0.1, -0.05) is 22.6 Å². The predicted octanol–water partition coefficient (Wildman–Crippen LogP) is 2.41. The van der Waals surface area contributed by atoms with Crippen LogP contribution in [0.15, 0.2) is 18.2 Å². The molecule has 1 unspecified atom stereocenters. The quantitative estimate of drug-likeness (QED) is 0.189. The van der Waals surface area contributed by atoms with Crippen molar-refractivity contribution in [2.24, 2.45) is 0 Å². The molecule has 0 aliphatic rings. The molecule has 12 heteroatoms. The van der Waals surface area contributed by atoms with Crippen LogP contribution in [0.1, 0.15) is 6.92 Å². The van der Waals surface area contributed by atoms with Gasteiger partial charge in [0.05, 0.1) is 3.57 Å². The average Bonchev–Trinajstić information content (AvgIpc) is 2.40. The molecule has 1 aromatic carbocycles. The molecule has 0 aromatic heterocycles. The van der Waals surface area contributed by atoms with Crippen LogP contribution in [0.3, 0.4) is 0 Å². The standard InChI is InChI=1S/C11H8F2I2O7S/c1-5(14)9(16)21-6-2-3-8(7(15)4-6)22-10(17)11(12,13)23(18,19)20/h2-5H,1H3,(H,18,19,20). The van der Waals surface area contributed by atoms with Crippen molar-refractivity contribution in [1.29, 1.82) is 0 Å². The van der Waals surface area contributed by atoms with Crippen LogP contribution in [0.4, 0.5) is 8.78 Å². The summed E-state index contributed by atoms with van der Waals surface area (Å²) in [5, 5.41) is -5.10. The first kappa shape index (κ1) is 20.4. The Morgan fingerprint density at radius 1 is 1.30 bits per heavy atom. The summed E-state index contributed by atoms with van der Waals surface area (Å²) in [6, 6.07) is 3.44. The van der Waals surface area contributed by atoms with Crippen LogP contribution in [0.25, 0.3) is 0 Å². The number of benzene rings is 1. The summed E-state index contributed by atoms with van der Waals surface area (Å²) in [6.45, 7) is 1.60. The summed E-state index contributed by atoms with van der Waals surface area (Å²) < 4.78 is 64.3. The van der Waals surface area contributed by atoms with E-state index >= 15 is 0 Å². The number of esters is 2. The molecular formula is C11H8F2I2O7S. The minimum Gasteiger partial charge on any atom is -0.426 e. The molecule has 0 saturated carbocycles. The van der Waals surface area contributed by atoms with Crippen LogP contribution >= 0.6 is 45.2 Å². The first-order valence-corrected chi connectivity index (χ1v) is 9.35. The highest BCUT2D eigenvalue weighted by Gasteiger charge is 2.54. The van der Waals surface area contributed by atoms with E-state index in [-0.39, 0.29) is 15.1 Å². The molecule has 0 amide bonds. The van der Waals surface area contributed by atoms with Gasteiger partial charge in [0.1, 0.15) is 15.4 Å². The molecule has 0 saturated heterocycles. The Balaban J connectivity index is 2.96. The van der Waals surface area contributed by atoms with Gasteiger partial charge in [-0.15, -0.1) is 0 Å². The minimum absolute atomic E-state index is 0.0873. The Bertz CT molecular complexity index is 734. The van der Waals surface area contributed by atoms with Crippen molar-refractivity contribution in [1.82, 2.24) is 0 Å². The summed E-state index contributed by atoms with van der Waals surface area (Å²) >= 11 is 3.44. The van der Waals surface area contributed by atoms with Crippen molar-refractivity contribution in [2.75, 3.05) is 0 Å². The fraction of sp³-hybridized carbons (Fsp3) is 0.273. The lowest BCUT2D eigenvalue weighted by molar-refractivity contribution is -0.151. The van der Waals surface area contributed by atoms with E-state index in [0.29, 0.717) is 0 Å². The van der Waals surface area contributed by atoms with E-state index in [2.05, 4.69) is 4.74 Å². The lowest BCUT2D eigenvalue weighted by Crippen LogP contribution is -2.40. The number of carbonyl (C=O) groups excluding carboxylic acids is 2. The SMILES string of the molecule is CC(I)C(=O)Oc1ccc(OC(=O)C(F)(F)S(=O)(=O)O)c(I)c1. The first-order valence-electron chi connectivity index (χ1n) is 5.58. The van der Waals surface area contributed by atoms with Gasteiger partial charge in [0.15, 0.2) is 0 Å². The van der Waals surface area contributed by atoms with E-state index in [0.717, 1.165) is 6.07 Å². The molecule has 1 aromatic rings. The van der Waals surface area contributed by atoms with E-state index in [1.165, 1.54) is 12.1 Å². The third kappa shape index (κ3) is 5.18. The van der Waals surface area contributed by atoms with E-state index in [4.69, 9.17) is 9.29 Å². The lowest BCUT2D eigenvalue weighted by Gasteiger charge is -2.13. The van der Waals surface area contributed by atoms with Gasteiger partial charge in [0.25, 0.3) is 0 Å². The molecule has 0 aliphatic carbocycles. The molecule has 7 nitrogen and oxygen atoms in total. The summed E-state index contributed by atoms with van der Waals surface area (Å²) in [6.07, 6.45) is 0. The average molecular weight is 576 g/mol. The van der Waals surface area contributed by atoms with Crippen LogP contribution < -0.4 is 9.47 Å². The van der Waals surface area contributed by atoms with E-state index in [9.17, 15) is 26.8 Å². The van der Waals surface area contributed by atoms with Gasteiger partial charge in [-0.05, 0) is 47.7 Å². The number of ether oxygens (including phenoxy) is 2. The molecule has 128 valence electrons. The fourth-order valence-corrected chi connectivity index (χ4v) is 2.07. The van der Waals surface area contributed by atoms with E-state index in [1.807, 2.05) is 22.6 Å². The van der Waals surface area contributed by atoms with Crippen molar-refractivity contribution < 1.29 is 40.8 Å². The molecule has 23 heavy (non-hydrogen) atoms. The number of rotatable bonds is 5. The number of carbonyl (C=O) groups is 2. The number of alkyl halides is 3. The van der Waals surface area contributed by atoms with Crippen LogP contribution in [0.2, 0.25) is 0 Å². The Morgan fingerprint density at radius 3 is 2.30 bits per heavy atom. The highest BCUT2D eigenvalue weighted by atomic mass is 127. The predicted molar refractivity (Wildman–Crippen MR) is 90.4 cm³/mol. The monoisotopic (exact) mass is 576 g/mol. The van der Waals surface area contributed by atoms with Crippen molar-refractivity contribution >= 4 is 67.2 Å². The Labute approximate surface area is 156 Å². The summed E-state index contributed by atoms with van der Waals surface area (Å²) in [5.74, 6) is -3.29. The maximum atomic E-state index is 13.1.